The molecule has 0 aromatic rings. The Morgan fingerprint density at radius 1 is 0.882 bits per heavy atom. The van der Waals surface area contributed by atoms with Crippen LogP contribution in [0, 0.1) is 12.2 Å². The average Bonchev–Trinajstić information content (AvgIpc) is 2.81. The van der Waals surface area contributed by atoms with E-state index in [1.807, 2.05) is 0 Å². The molecule has 0 atom stereocenters. The SMILES string of the molecule is CC1=C(C)CC=[C-]1.CC1=C(C)CC=[C-]1.[Cl][Ti][Cl]. The van der Waals surface area contributed by atoms with Crippen molar-refractivity contribution in [2.45, 2.75) is 40.5 Å². The Labute approximate surface area is 122 Å². The second-order valence-corrected chi connectivity index (χ2v) is 6.57. The van der Waals surface area contributed by atoms with Crippen LogP contribution in [0.4, 0.5) is 0 Å². The van der Waals surface area contributed by atoms with Gasteiger partial charge < -0.3 is 0 Å². The monoisotopic (exact) mass is 304 g/mol. The van der Waals surface area contributed by atoms with Crippen LogP contribution in [0.5, 0.6) is 0 Å². The molecule has 2 aliphatic carbocycles. The van der Waals surface area contributed by atoms with Gasteiger partial charge in [0.1, 0.15) is 0 Å². The average molecular weight is 305 g/mol. The summed E-state index contributed by atoms with van der Waals surface area (Å²) in [4.78, 5) is 0. The van der Waals surface area contributed by atoms with E-state index in [2.05, 4.69) is 52.0 Å². The first-order valence-electron chi connectivity index (χ1n) is 5.48. The second kappa shape index (κ2) is 10.2. The minimum atomic E-state index is -0.556. The fourth-order valence-electron chi connectivity index (χ4n) is 1.27. The topological polar surface area (TPSA) is 0 Å². The molecule has 94 valence electrons. The molecule has 0 saturated heterocycles. The Hall–Kier alpha value is 0.254. The van der Waals surface area contributed by atoms with E-state index in [0.29, 0.717) is 0 Å². The molecule has 2 rings (SSSR count). The summed E-state index contributed by atoms with van der Waals surface area (Å²) >= 11 is -0.556. The van der Waals surface area contributed by atoms with E-state index in [-0.39, 0.29) is 0 Å². The molecule has 0 N–H and O–H groups in total. The van der Waals surface area contributed by atoms with Gasteiger partial charge in [0.2, 0.25) is 0 Å². The zero-order valence-electron chi connectivity index (χ0n) is 10.8. The Bertz CT molecular complexity index is 315. The molecular formula is C14H18Cl2Ti-2. The molecule has 0 radical (unpaired) electrons. The predicted molar refractivity (Wildman–Crippen MR) is 73.3 cm³/mol. The van der Waals surface area contributed by atoms with Crippen LogP contribution >= 0.6 is 18.6 Å². The van der Waals surface area contributed by atoms with Crippen LogP contribution < -0.4 is 0 Å². The van der Waals surface area contributed by atoms with Gasteiger partial charge in [-0.05, 0) is 0 Å². The number of allylic oxidation sites excluding steroid dienone is 8. The van der Waals surface area contributed by atoms with E-state index in [0.717, 1.165) is 12.8 Å². The molecular weight excluding hydrogens is 287 g/mol. The molecule has 0 aromatic heterocycles. The Morgan fingerprint density at radius 2 is 1.18 bits per heavy atom. The van der Waals surface area contributed by atoms with Crippen molar-refractivity contribution >= 4 is 18.6 Å². The van der Waals surface area contributed by atoms with Crippen molar-refractivity contribution in [1.82, 2.24) is 0 Å². The number of hydrogen-bond donors (Lipinski definition) is 0. The molecule has 0 nitrogen and oxygen atoms in total. The van der Waals surface area contributed by atoms with Crippen LogP contribution in [0.3, 0.4) is 0 Å². The standard InChI is InChI=1S/2C7H9.2ClH.Ti/c2*1-6-4-3-5-7(6)2;;;/h2*3H,4H2,1-2H3;2*1H;/q2*-1;;;+2/p-2. The van der Waals surface area contributed by atoms with Crippen molar-refractivity contribution in [2.24, 2.45) is 0 Å². The van der Waals surface area contributed by atoms with E-state index in [4.69, 9.17) is 18.6 Å². The number of rotatable bonds is 0. The van der Waals surface area contributed by atoms with Crippen LogP contribution in [0.2, 0.25) is 0 Å². The van der Waals surface area contributed by atoms with Gasteiger partial charge in [-0.15, -0.1) is 13.8 Å². The third-order valence-corrected chi connectivity index (χ3v) is 2.73. The van der Waals surface area contributed by atoms with Crippen LogP contribution in [0.25, 0.3) is 0 Å². The third-order valence-electron chi connectivity index (χ3n) is 2.73. The van der Waals surface area contributed by atoms with Gasteiger partial charge in [0.25, 0.3) is 0 Å². The third kappa shape index (κ3) is 8.05. The van der Waals surface area contributed by atoms with Gasteiger partial charge in [0.15, 0.2) is 0 Å². The van der Waals surface area contributed by atoms with Gasteiger partial charge in [-0.2, -0.15) is 12.2 Å². The molecule has 3 heteroatoms. The maximum atomic E-state index is 4.89. The van der Waals surface area contributed by atoms with Crippen molar-refractivity contribution in [2.75, 3.05) is 0 Å². The Kier molecular flexibility index (Phi) is 10.4. The number of halogens is 2. The van der Waals surface area contributed by atoms with Gasteiger partial charge in [0.05, 0.1) is 0 Å². The summed E-state index contributed by atoms with van der Waals surface area (Å²) in [6.07, 6.45) is 12.6. The molecule has 17 heavy (non-hydrogen) atoms. The molecule has 0 heterocycles. The van der Waals surface area contributed by atoms with Crippen molar-refractivity contribution in [1.29, 1.82) is 0 Å². The Morgan fingerprint density at radius 3 is 1.24 bits per heavy atom. The first-order valence-corrected chi connectivity index (χ1v) is 9.78. The molecule has 0 spiro atoms. The van der Waals surface area contributed by atoms with E-state index >= 15 is 0 Å². The maximum absolute atomic E-state index is 4.89. The van der Waals surface area contributed by atoms with Crippen molar-refractivity contribution in [3.8, 4) is 0 Å². The quantitative estimate of drug-likeness (QED) is 0.406. The van der Waals surface area contributed by atoms with Crippen molar-refractivity contribution in [3.05, 3.63) is 46.6 Å². The summed E-state index contributed by atoms with van der Waals surface area (Å²) in [5.41, 5.74) is 5.56. The molecule has 0 aromatic carbocycles. The molecule has 0 saturated carbocycles. The zero-order chi connectivity index (χ0) is 13.3. The summed E-state index contributed by atoms with van der Waals surface area (Å²) in [6, 6.07) is 0. The molecule has 0 amide bonds. The van der Waals surface area contributed by atoms with Crippen LogP contribution in [0.1, 0.15) is 40.5 Å². The van der Waals surface area contributed by atoms with E-state index in [1.54, 1.807) is 0 Å². The van der Waals surface area contributed by atoms with E-state index < -0.39 is 17.0 Å². The minimum absolute atomic E-state index is 0.556. The van der Waals surface area contributed by atoms with Gasteiger partial charge in [0, 0.05) is 0 Å². The summed E-state index contributed by atoms with van der Waals surface area (Å²) in [5.74, 6) is 0. The first-order chi connectivity index (χ1) is 8.02. The van der Waals surface area contributed by atoms with Crippen molar-refractivity contribution in [3.63, 3.8) is 0 Å². The molecule has 0 aliphatic heterocycles. The van der Waals surface area contributed by atoms with Crippen LogP contribution in [0.15, 0.2) is 34.4 Å². The zero-order valence-corrected chi connectivity index (χ0v) is 13.9. The molecule has 2 aliphatic rings. The molecule has 0 unspecified atom stereocenters. The second-order valence-electron chi connectivity index (χ2n) is 3.99. The van der Waals surface area contributed by atoms with Crippen molar-refractivity contribution < 1.29 is 17.0 Å². The van der Waals surface area contributed by atoms with Gasteiger partial charge >= 0.3 is 35.6 Å². The van der Waals surface area contributed by atoms with Crippen LogP contribution in [-0.4, -0.2) is 0 Å². The Balaban J connectivity index is 0.000000247. The van der Waals surface area contributed by atoms with Gasteiger partial charge in [-0.25, -0.2) is 22.3 Å². The summed E-state index contributed by atoms with van der Waals surface area (Å²) in [7, 11) is 9.78. The summed E-state index contributed by atoms with van der Waals surface area (Å²) in [5, 5.41) is 0. The predicted octanol–water partition coefficient (Wildman–Crippen LogP) is 5.55. The fraction of sp³-hybridized carbons (Fsp3) is 0.429. The molecule has 0 bridgehead atoms. The summed E-state index contributed by atoms with van der Waals surface area (Å²) in [6.45, 7) is 8.48. The van der Waals surface area contributed by atoms with Gasteiger partial charge in [-0.1, -0.05) is 26.7 Å². The van der Waals surface area contributed by atoms with E-state index in [1.165, 1.54) is 22.3 Å². The van der Waals surface area contributed by atoms with Gasteiger partial charge in [-0.3, -0.25) is 12.2 Å². The summed E-state index contributed by atoms with van der Waals surface area (Å²) < 4.78 is 0. The fourth-order valence-corrected chi connectivity index (χ4v) is 1.27. The first kappa shape index (κ1) is 17.3. The normalized spacial score (nSPS) is 16.6. The van der Waals surface area contributed by atoms with Crippen LogP contribution in [-0.2, 0) is 17.0 Å². The number of hydrogen-bond acceptors (Lipinski definition) is 0. The van der Waals surface area contributed by atoms with E-state index in [9.17, 15) is 0 Å². The molecule has 0 fully saturated rings.